The number of carbonyl (C=O) groups is 1. The molecule has 3 atom stereocenters. The van der Waals surface area contributed by atoms with Gasteiger partial charge in [0.05, 0.1) is 6.07 Å². The van der Waals surface area contributed by atoms with E-state index in [0.29, 0.717) is 13.0 Å². The van der Waals surface area contributed by atoms with Crippen LogP contribution >= 0.6 is 0 Å². The lowest BCUT2D eigenvalue weighted by atomic mass is 9.81. The maximum Gasteiger partial charge on any atom is 0.240 e. The molecule has 3 nitrogen and oxygen atoms in total. The second-order valence-corrected chi connectivity index (χ2v) is 5.98. The molecule has 1 aliphatic carbocycles. The van der Waals surface area contributed by atoms with Crippen LogP contribution in [0.5, 0.6) is 0 Å². The summed E-state index contributed by atoms with van der Waals surface area (Å²) in [4.78, 5) is 11.9. The second-order valence-electron chi connectivity index (χ2n) is 5.98. The molecule has 1 rings (SSSR count). The normalized spacial score (nSPS) is 27.0. The van der Waals surface area contributed by atoms with Gasteiger partial charge in [-0.3, -0.25) is 4.79 Å². The van der Waals surface area contributed by atoms with E-state index < -0.39 is 5.41 Å². The van der Waals surface area contributed by atoms with Gasteiger partial charge in [0.1, 0.15) is 5.41 Å². The summed E-state index contributed by atoms with van der Waals surface area (Å²) < 4.78 is 0. The largest absolute Gasteiger partial charge is 0.355 e. The summed E-state index contributed by atoms with van der Waals surface area (Å²) in [5, 5.41) is 12.0. The highest BCUT2D eigenvalue weighted by atomic mass is 16.2. The van der Waals surface area contributed by atoms with E-state index in [2.05, 4.69) is 18.3 Å². The van der Waals surface area contributed by atoms with Crippen molar-refractivity contribution in [1.82, 2.24) is 5.32 Å². The van der Waals surface area contributed by atoms with Crippen molar-refractivity contribution in [3.05, 3.63) is 0 Å². The summed E-state index contributed by atoms with van der Waals surface area (Å²) in [5.41, 5.74) is -0.861. The van der Waals surface area contributed by atoms with E-state index in [1.54, 1.807) is 6.92 Å². The Morgan fingerprint density at radius 2 is 2.22 bits per heavy atom. The molecule has 3 unspecified atom stereocenters. The minimum atomic E-state index is -0.861. The standard InChI is InChI=1S/C15H26N2O/c1-4-15(3,11-16)14(18)17-9-8-13-7-5-6-12(2)10-13/h12-13H,4-10H2,1-3H3,(H,17,18). The van der Waals surface area contributed by atoms with Crippen molar-refractivity contribution in [3.63, 3.8) is 0 Å². The molecule has 1 fully saturated rings. The molecule has 0 aromatic rings. The van der Waals surface area contributed by atoms with Gasteiger partial charge in [0.2, 0.25) is 5.91 Å². The molecule has 0 aromatic carbocycles. The average molecular weight is 250 g/mol. The highest BCUT2D eigenvalue weighted by molar-refractivity contribution is 5.84. The molecule has 1 amide bonds. The predicted molar refractivity (Wildman–Crippen MR) is 72.8 cm³/mol. The zero-order valence-corrected chi connectivity index (χ0v) is 12.0. The second kappa shape index (κ2) is 6.78. The van der Waals surface area contributed by atoms with Crippen molar-refractivity contribution in [2.75, 3.05) is 6.54 Å². The first-order valence-corrected chi connectivity index (χ1v) is 7.21. The van der Waals surface area contributed by atoms with E-state index in [4.69, 9.17) is 5.26 Å². The van der Waals surface area contributed by atoms with Crippen LogP contribution in [-0.2, 0) is 4.79 Å². The van der Waals surface area contributed by atoms with E-state index in [9.17, 15) is 4.79 Å². The van der Waals surface area contributed by atoms with Gasteiger partial charge >= 0.3 is 0 Å². The molecule has 0 heterocycles. The van der Waals surface area contributed by atoms with Gasteiger partial charge in [0.25, 0.3) is 0 Å². The number of carbonyl (C=O) groups excluding carboxylic acids is 1. The number of nitrogens with one attached hydrogen (secondary N) is 1. The highest BCUT2D eigenvalue weighted by Crippen LogP contribution is 2.30. The minimum absolute atomic E-state index is 0.114. The molecule has 102 valence electrons. The molecule has 18 heavy (non-hydrogen) atoms. The average Bonchev–Trinajstić information content (AvgIpc) is 2.37. The highest BCUT2D eigenvalue weighted by Gasteiger charge is 2.30. The lowest BCUT2D eigenvalue weighted by Gasteiger charge is -2.27. The zero-order valence-electron chi connectivity index (χ0n) is 12.0. The zero-order chi connectivity index (χ0) is 13.6. The van der Waals surface area contributed by atoms with Gasteiger partial charge in [-0.1, -0.05) is 33.1 Å². The molecule has 0 aliphatic heterocycles. The Balaban J connectivity index is 2.29. The Kier molecular flexibility index (Phi) is 5.65. The van der Waals surface area contributed by atoms with Gasteiger partial charge in [0.15, 0.2) is 0 Å². The van der Waals surface area contributed by atoms with Crippen LogP contribution in [0, 0.1) is 28.6 Å². The molecule has 0 saturated heterocycles. The van der Waals surface area contributed by atoms with Crippen LogP contribution in [0.25, 0.3) is 0 Å². The lowest BCUT2D eigenvalue weighted by Crippen LogP contribution is -2.38. The molecule has 1 N–H and O–H groups in total. The molecule has 0 radical (unpaired) electrons. The van der Waals surface area contributed by atoms with Gasteiger partial charge in [-0.25, -0.2) is 0 Å². The van der Waals surface area contributed by atoms with Gasteiger partial charge in [-0.15, -0.1) is 0 Å². The fourth-order valence-electron chi connectivity index (χ4n) is 2.70. The fourth-order valence-corrected chi connectivity index (χ4v) is 2.70. The third-order valence-electron chi connectivity index (χ3n) is 4.34. The molecular formula is C15H26N2O. The van der Waals surface area contributed by atoms with Crippen LogP contribution in [0.1, 0.15) is 59.3 Å². The van der Waals surface area contributed by atoms with Gasteiger partial charge in [0, 0.05) is 6.54 Å². The van der Waals surface area contributed by atoms with Gasteiger partial charge in [-0.05, 0) is 38.0 Å². The van der Waals surface area contributed by atoms with Crippen LogP contribution in [0.15, 0.2) is 0 Å². The Labute approximate surface area is 111 Å². The SMILES string of the molecule is CCC(C)(C#N)C(=O)NCCC1CCCC(C)C1. The Hall–Kier alpha value is -1.04. The van der Waals surface area contributed by atoms with Crippen LogP contribution in [0.2, 0.25) is 0 Å². The van der Waals surface area contributed by atoms with Crippen LogP contribution in [-0.4, -0.2) is 12.5 Å². The Morgan fingerprint density at radius 3 is 2.78 bits per heavy atom. The summed E-state index contributed by atoms with van der Waals surface area (Å²) in [7, 11) is 0. The van der Waals surface area contributed by atoms with E-state index >= 15 is 0 Å². The van der Waals surface area contributed by atoms with E-state index in [1.165, 1.54) is 25.7 Å². The number of rotatable bonds is 5. The van der Waals surface area contributed by atoms with Gasteiger partial charge in [-0.2, -0.15) is 5.26 Å². The number of amides is 1. The first-order chi connectivity index (χ1) is 8.51. The van der Waals surface area contributed by atoms with E-state index in [-0.39, 0.29) is 5.91 Å². The van der Waals surface area contributed by atoms with Crippen LogP contribution in [0.4, 0.5) is 0 Å². The van der Waals surface area contributed by atoms with Crippen molar-refractivity contribution in [1.29, 1.82) is 5.26 Å². The van der Waals surface area contributed by atoms with Crippen LogP contribution in [0.3, 0.4) is 0 Å². The summed E-state index contributed by atoms with van der Waals surface area (Å²) in [6.07, 6.45) is 6.88. The quantitative estimate of drug-likeness (QED) is 0.814. The summed E-state index contributed by atoms with van der Waals surface area (Å²) in [6, 6.07) is 2.11. The molecular weight excluding hydrogens is 224 g/mol. The fraction of sp³-hybridized carbons (Fsp3) is 0.867. The minimum Gasteiger partial charge on any atom is -0.355 e. The van der Waals surface area contributed by atoms with Gasteiger partial charge < -0.3 is 5.32 Å². The topological polar surface area (TPSA) is 52.9 Å². The van der Waals surface area contributed by atoms with Crippen molar-refractivity contribution in [3.8, 4) is 6.07 Å². The summed E-state index contributed by atoms with van der Waals surface area (Å²) in [5.74, 6) is 1.47. The Bertz CT molecular complexity index is 321. The van der Waals surface area contributed by atoms with Crippen molar-refractivity contribution in [2.24, 2.45) is 17.3 Å². The molecule has 3 heteroatoms. The molecule has 1 aliphatic rings. The number of nitrogens with zero attached hydrogens (tertiary/aromatic N) is 1. The summed E-state index contributed by atoms with van der Waals surface area (Å²) >= 11 is 0. The van der Waals surface area contributed by atoms with E-state index in [0.717, 1.165) is 18.3 Å². The first-order valence-electron chi connectivity index (χ1n) is 7.21. The number of nitriles is 1. The first kappa shape index (κ1) is 15.0. The third kappa shape index (κ3) is 4.01. The van der Waals surface area contributed by atoms with Crippen molar-refractivity contribution in [2.45, 2.75) is 59.3 Å². The molecule has 0 spiro atoms. The smallest absolute Gasteiger partial charge is 0.240 e. The summed E-state index contributed by atoms with van der Waals surface area (Å²) in [6.45, 7) is 6.62. The lowest BCUT2D eigenvalue weighted by molar-refractivity contribution is -0.127. The molecule has 0 aromatic heterocycles. The van der Waals surface area contributed by atoms with E-state index in [1.807, 2.05) is 6.92 Å². The third-order valence-corrected chi connectivity index (χ3v) is 4.34. The maximum absolute atomic E-state index is 11.9. The predicted octanol–water partition coefficient (Wildman–Crippen LogP) is 3.26. The van der Waals surface area contributed by atoms with Crippen molar-refractivity contribution < 1.29 is 4.79 Å². The number of hydrogen-bond donors (Lipinski definition) is 1. The number of hydrogen-bond acceptors (Lipinski definition) is 2. The maximum atomic E-state index is 11.9. The van der Waals surface area contributed by atoms with Crippen molar-refractivity contribution >= 4 is 5.91 Å². The monoisotopic (exact) mass is 250 g/mol. The van der Waals surface area contributed by atoms with Crippen LogP contribution < -0.4 is 5.32 Å². The Morgan fingerprint density at radius 1 is 1.50 bits per heavy atom. The molecule has 1 saturated carbocycles. The molecule has 0 bridgehead atoms.